The van der Waals surface area contributed by atoms with Crippen molar-refractivity contribution in [2.45, 2.75) is 0 Å². The predicted molar refractivity (Wildman–Crippen MR) is 85.4 cm³/mol. The van der Waals surface area contributed by atoms with E-state index in [0.717, 1.165) is 5.56 Å². The zero-order valence-corrected chi connectivity index (χ0v) is 12.7. The highest BCUT2D eigenvalue weighted by Gasteiger charge is 2.08. The lowest BCUT2D eigenvalue weighted by Crippen LogP contribution is -1.98. The Bertz CT molecular complexity index is 678. The Balaban J connectivity index is 2.07. The first kappa shape index (κ1) is 16.1. The van der Waals surface area contributed by atoms with Crippen LogP contribution in [-0.2, 0) is 4.74 Å². The summed E-state index contributed by atoms with van der Waals surface area (Å²) in [5, 5.41) is 10.1. The number of hydrogen-bond acceptors (Lipinski definition) is 4. The monoisotopic (exact) mass is 318 g/mol. The van der Waals surface area contributed by atoms with Crippen molar-refractivity contribution >= 4 is 23.5 Å². The van der Waals surface area contributed by atoms with Gasteiger partial charge in [0, 0.05) is 12.1 Å². The van der Waals surface area contributed by atoms with E-state index in [1.54, 1.807) is 25.3 Å². The molecule has 0 aliphatic carbocycles. The highest BCUT2D eigenvalue weighted by molar-refractivity contribution is 6.31. The molecule has 114 valence electrons. The summed E-state index contributed by atoms with van der Waals surface area (Å²) in [5.41, 5.74) is 1.00. The minimum absolute atomic E-state index is 0.0950. The molecule has 2 rings (SSSR count). The number of phenols is 1. The molecule has 2 aromatic carbocycles. The van der Waals surface area contributed by atoms with Gasteiger partial charge in [-0.05, 0) is 42.0 Å². The molecule has 0 fully saturated rings. The zero-order chi connectivity index (χ0) is 15.9. The van der Waals surface area contributed by atoms with Gasteiger partial charge in [-0.2, -0.15) is 0 Å². The second-order valence-electron chi connectivity index (χ2n) is 4.48. The second kappa shape index (κ2) is 7.64. The number of ether oxygens (including phenoxy) is 2. The van der Waals surface area contributed by atoms with Crippen molar-refractivity contribution in [3.05, 3.63) is 64.7 Å². The zero-order valence-electron chi connectivity index (χ0n) is 12.0. The third kappa shape index (κ3) is 4.35. The van der Waals surface area contributed by atoms with Gasteiger partial charge in [-0.25, -0.2) is 0 Å². The summed E-state index contributed by atoms with van der Waals surface area (Å²) >= 11 is 5.83. The van der Waals surface area contributed by atoms with Gasteiger partial charge < -0.3 is 14.6 Å². The fourth-order valence-corrected chi connectivity index (χ4v) is 1.94. The van der Waals surface area contributed by atoms with E-state index in [0.29, 0.717) is 10.8 Å². The highest BCUT2D eigenvalue weighted by Crippen LogP contribution is 2.22. The van der Waals surface area contributed by atoms with Crippen LogP contribution in [0.5, 0.6) is 11.5 Å². The fourth-order valence-electron chi connectivity index (χ4n) is 1.77. The average Bonchev–Trinajstić information content (AvgIpc) is 2.54. The highest BCUT2D eigenvalue weighted by atomic mass is 35.5. The molecule has 0 aliphatic rings. The van der Waals surface area contributed by atoms with Crippen LogP contribution in [0.2, 0.25) is 5.02 Å². The van der Waals surface area contributed by atoms with Crippen molar-refractivity contribution in [3.8, 4) is 11.5 Å². The van der Waals surface area contributed by atoms with Gasteiger partial charge in [-0.15, -0.1) is 0 Å². The lowest BCUT2D eigenvalue weighted by Gasteiger charge is -2.04. The van der Waals surface area contributed by atoms with Gasteiger partial charge in [0.05, 0.1) is 5.56 Å². The second-order valence-corrected chi connectivity index (χ2v) is 4.92. The van der Waals surface area contributed by atoms with Crippen LogP contribution in [0.15, 0.2) is 48.5 Å². The van der Waals surface area contributed by atoms with E-state index in [1.807, 2.05) is 12.1 Å². The Labute approximate surface area is 133 Å². The number of ketones is 1. The van der Waals surface area contributed by atoms with Crippen LogP contribution in [0.25, 0.3) is 6.08 Å². The minimum atomic E-state index is -0.320. The largest absolute Gasteiger partial charge is 0.507 e. The maximum Gasteiger partial charge on any atom is 0.189 e. The number of benzene rings is 2. The first-order valence-corrected chi connectivity index (χ1v) is 6.90. The first-order chi connectivity index (χ1) is 10.6. The predicted octanol–water partition coefficient (Wildman–Crippen LogP) is 3.92. The maximum atomic E-state index is 12.1. The minimum Gasteiger partial charge on any atom is -0.507 e. The number of allylic oxidation sites excluding steroid dienone is 1. The maximum absolute atomic E-state index is 12.1. The van der Waals surface area contributed by atoms with Gasteiger partial charge in [0.1, 0.15) is 11.5 Å². The molecule has 5 heteroatoms. The van der Waals surface area contributed by atoms with E-state index < -0.39 is 0 Å². The van der Waals surface area contributed by atoms with Crippen molar-refractivity contribution in [1.29, 1.82) is 0 Å². The molecule has 0 unspecified atom stereocenters. The molecule has 0 bridgehead atoms. The summed E-state index contributed by atoms with van der Waals surface area (Å²) in [5.74, 6) is 0.264. The van der Waals surface area contributed by atoms with Gasteiger partial charge in [-0.1, -0.05) is 29.8 Å². The van der Waals surface area contributed by atoms with Crippen molar-refractivity contribution in [2.75, 3.05) is 13.9 Å². The van der Waals surface area contributed by atoms with Crippen molar-refractivity contribution in [1.82, 2.24) is 0 Å². The van der Waals surface area contributed by atoms with Gasteiger partial charge >= 0.3 is 0 Å². The van der Waals surface area contributed by atoms with Crippen LogP contribution in [0, 0.1) is 0 Å². The van der Waals surface area contributed by atoms with E-state index in [-0.39, 0.29) is 23.9 Å². The number of rotatable bonds is 6. The summed E-state index contributed by atoms with van der Waals surface area (Å²) in [6.45, 7) is 0.182. The smallest absolute Gasteiger partial charge is 0.189 e. The number of methoxy groups -OCH3 is 1. The lowest BCUT2D eigenvalue weighted by molar-refractivity contribution is 0.0511. The molecular formula is C17H15ClO4. The Kier molecular flexibility index (Phi) is 5.58. The van der Waals surface area contributed by atoms with E-state index in [2.05, 4.69) is 0 Å². The summed E-state index contributed by atoms with van der Waals surface area (Å²) in [4.78, 5) is 12.1. The number of carbonyl (C=O) groups excluding carboxylic acids is 1. The molecular weight excluding hydrogens is 304 g/mol. The molecule has 0 radical (unpaired) electrons. The van der Waals surface area contributed by atoms with Crippen LogP contribution in [0.4, 0.5) is 0 Å². The number of phenolic OH excluding ortho intramolecular Hbond substituents is 1. The van der Waals surface area contributed by atoms with Gasteiger partial charge in [-0.3, -0.25) is 4.79 Å². The molecule has 0 aromatic heterocycles. The number of aromatic hydroxyl groups is 1. The van der Waals surface area contributed by atoms with E-state index >= 15 is 0 Å². The molecule has 0 saturated carbocycles. The van der Waals surface area contributed by atoms with Gasteiger partial charge in [0.2, 0.25) is 0 Å². The van der Waals surface area contributed by atoms with Crippen LogP contribution in [0.1, 0.15) is 15.9 Å². The summed E-state index contributed by atoms with van der Waals surface area (Å²) < 4.78 is 10.1. The number of halogens is 1. The third-order valence-corrected chi connectivity index (χ3v) is 3.11. The fraction of sp³-hybridized carbons (Fsp3) is 0.118. The molecule has 0 spiro atoms. The molecule has 0 aliphatic heterocycles. The van der Waals surface area contributed by atoms with Crippen molar-refractivity contribution in [3.63, 3.8) is 0 Å². The molecule has 0 heterocycles. The van der Waals surface area contributed by atoms with Gasteiger partial charge in [0.25, 0.3) is 0 Å². The summed E-state index contributed by atoms with van der Waals surface area (Å²) in [6.07, 6.45) is 3.04. The Morgan fingerprint density at radius 3 is 2.64 bits per heavy atom. The Morgan fingerprint density at radius 1 is 1.23 bits per heavy atom. The normalized spacial score (nSPS) is 10.8. The van der Waals surface area contributed by atoms with Crippen molar-refractivity contribution < 1.29 is 19.4 Å². The van der Waals surface area contributed by atoms with Crippen molar-refractivity contribution in [2.24, 2.45) is 0 Å². The first-order valence-electron chi connectivity index (χ1n) is 6.53. The van der Waals surface area contributed by atoms with Crippen LogP contribution in [0.3, 0.4) is 0 Å². The average molecular weight is 319 g/mol. The Morgan fingerprint density at radius 2 is 1.95 bits per heavy atom. The van der Waals surface area contributed by atoms with Crippen LogP contribution < -0.4 is 4.74 Å². The standard InChI is InChI=1S/C17H15ClO4/c1-21-11-22-14-6-2-12(3-7-14)4-8-16(19)15-10-13(18)5-9-17(15)20/h2-10,20H,11H2,1H3. The Hall–Kier alpha value is -2.30. The molecule has 0 atom stereocenters. The topological polar surface area (TPSA) is 55.8 Å². The van der Waals surface area contributed by atoms with Crippen LogP contribution in [-0.4, -0.2) is 24.8 Å². The van der Waals surface area contributed by atoms with E-state index in [4.69, 9.17) is 21.1 Å². The molecule has 22 heavy (non-hydrogen) atoms. The lowest BCUT2D eigenvalue weighted by atomic mass is 10.1. The van der Waals surface area contributed by atoms with E-state index in [1.165, 1.54) is 24.3 Å². The van der Waals surface area contributed by atoms with Gasteiger partial charge in [0.15, 0.2) is 12.6 Å². The molecule has 4 nitrogen and oxygen atoms in total. The molecule has 2 aromatic rings. The SMILES string of the molecule is COCOc1ccc(C=CC(=O)c2cc(Cl)ccc2O)cc1. The quantitative estimate of drug-likeness (QED) is 0.498. The number of carbonyl (C=O) groups is 1. The molecule has 0 amide bonds. The molecule has 1 N–H and O–H groups in total. The van der Waals surface area contributed by atoms with Crippen LogP contribution >= 0.6 is 11.6 Å². The summed E-state index contributed by atoms with van der Waals surface area (Å²) in [7, 11) is 1.55. The number of hydrogen-bond donors (Lipinski definition) is 1. The third-order valence-electron chi connectivity index (χ3n) is 2.87. The van der Waals surface area contributed by atoms with E-state index in [9.17, 15) is 9.90 Å². The molecule has 0 saturated heterocycles. The summed E-state index contributed by atoms with van der Waals surface area (Å²) in [6, 6.07) is 11.5.